The fourth-order valence-electron chi connectivity index (χ4n) is 3.44. The second-order valence-corrected chi connectivity index (χ2v) is 7.54. The summed E-state index contributed by atoms with van der Waals surface area (Å²) in [5.74, 6) is 0. The van der Waals surface area contributed by atoms with Crippen molar-refractivity contribution in [2.45, 2.75) is 52.9 Å². The molecule has 3 rings (SSSR count). The SMILES string of the molecule is CCCC1(C)CCCN(c2nn3c(=O)cc(CC)nc3s2)C1. The first-order chi connectivity index (χ1) is 10.5. The van der Waals surface area contributed by atoms with Gasteiger partial charge in [0.2, 0.25) is 10.1 Å². The number of hydrogen-bond acceptors (Lipinski definition) is 5. The Labute approximate surface area is 135 Å². The minimum Gasteiger partial charge on any atom is -0.346 e. The zero-order valence-corrected chi connectivity index (χ0v) is 14.4. The fourth-order valence-corrected chi connectivity index (χ4v) is 4.39. The molecule has 0 spiro atoms. The van der Waals surface area contributed by atoms with Gasteiger partial charge in [0.05, 0.1) is 0 Å². The van der Waals surface area contributed by atoms with E-state index in [1.54, 1.807) is 6.07 Å². The highest BCUT2D eigenvalue weighted by Crippen LogP contribution is 2.36. The van der Waals surface area contributed by atoms with Crippen LogP contribution in [0.1, 0.15) is 52.1 Å². The van der Waals surface area contributed by atoms with Crippen LogP contribution in [0.3, 0.4) is 0 Å². The molecular formula is C16H24N4OS. The van der Waals surface area contributed by atoms with Crippen molar-refractivity contribution in [1.29, 1.82) is 0 Å². The molecule has 1 atom stereocenters. The van der Waals surface area contributed by atoms with Gasteiger partial charge in [-0.2, -0.15) is 4.52 Å². The Morgan fingerprint density at radius 2 is 2.23 bits per heavy atom. The number of piperidine rings is 1. The van der Waals surface area contributed by atoms with E-state index in [4.69, 9.17) is 0 Å². The Hall–Kier alpha value is -1.43. The van der Waals surface area contributed by atoms with E-state index in [0.29, 0.717) is 10.4 Å². The Morgan fingerprint density at radius 3 is 2.95 bits per heavy atom. The number of hydrogen-bond donors (Lipinski definition) is 0. The Morgan fingerprint density at radius 1 is 1.41 bits per heavy atom. The normalized spacial score (nSPS) is 22.4. The zero-order chi connectivity index (χ0) is 15.7. The van der Waals surface area contributed by atoms with Crippen LogP contribution in [0.5, 0.6) is 0 Å². The van der Waals surface area contributed by atoms with Crippen LogP contribution in [0.2, 0.25) is 0 Å². The number of anilines is 1. The first-order valence-corrected chi connectivity index (χ1v) is 9.01. The van der Waals surface area contributed by atoms with Gasteiger partial charge in [-0.05, 0) is 31.1 Å². The van der Waals surface area contributed by atoms with Crippen LogP contribution in [0.25, 0.3) is 4.96 Å². The molecule has 1 unspecified atom stereocenters. The standard InChI is InChI=1S/C16H24N4OS/c1-4-7-16(3)8-6-9-19(11-16)15-18-20-13(21)10-12(5-2)17-14(20)22-15/h10H,4-9,11H2,1-3H3. The van der Waals surface area contributed by atoms with Crippen molar-refractivity contribution in [3.63, 3.8) is 0 Å². The van der Waals surface area contributed by atoms with Gasteiger partial charge in [0, 0.05) is 24.8 Å². The quantitative estimate of drug-likeness (QED) is 0.868. The van der Waals surface area contributed by atoms with E-state index >= 15 is 0 Å². The highest BCUT2D eigenvalue weighted by Gasteiger charge is 2.31. The number of aryl methyl sites for hydroxylation is 1. The molecule has 1 saturated heterocycles. The summed E-state index contributed by atoms with van der Waals surface area (Å²) in [6.45, 7) is 8.68. The second-order valence-electron chi connectivity index (χ2n) is 6.60. The molecule has 22 heavy (non-hydrogen) atoms. The lowest BCUT2D eigenvalue weighted by molar-refractivity contribution is 0.239. The highest BCUT2D eigenvalue weighted by atomic mass is 32.1. The maximum absolute atomic E-state index is 12.1. The van der Waals surface area contributed by atoms with E-state index in [9.17, 15) is 4.79 Å². The van der Waals surface area contributed by atoms with Crippen molar-refractivity contribution >= 4 is 21.4 Å². The molecule has 2 aromatic heterocycles. The van der Waals surface area contributed by atoms with Crippen LogP contribution in [0.15, 0.2) is 10.9 Å². The van der Waals surface area contributed by atoms with Crippen LogP contribution < -0.4 is 10.5 Å². The van der Waals surface area contributed by atoms with E-state index in [2.05, 4.69) is 28.8 Å². The summed E-state index contributed by atoms with van der Waals surface area (Å²) < 4.78 is 1.45. The third-order valence-electron chi connectivity index (χ3n) is 4.55. The van der Waals surface area contributed by atoms with Crippen molar-refractivity contribution in [2.75, 3.05) is 18.0 Å². The molecule has 1 aliphatic heterocycles. The van der Waals surface area contributed by atoms with Crippen molar-refractivity contribution in [1.82, 2.24) is 14.6 Å². The lowest BCUT2D eigenvalue weighted by Crippen LogP contribution is -2.41. The van der Waals surface area contributed by atoms with Gasteiger partial charge in [0.15, 0.2) is 0 Å². The van der Waals surface area contributed by atoms with Gasteiger partial charge < -0.3 is 4.90 Å². The van der Waals surface area contributed by atoms with Gasteiger partial charge in [-0.3, -0.25) is 4.79 Å². The van der Waals surface area contributed by atoms with Crippen molar-refractivity contribution in [3.8, 4) is 0 Å². The minimum atomic E-state index is -0.0716. The second kappa shape index (κ2) is 5.99. The molecular weight excluding hydrogens is 296 g/mol. The van der Waals surface area contributed by atoms with Gasteiger partial charge in [0.1, 0.15) is 0 Å². The molecule has 2 aromatic rings. The molecule has 0 saturated carbocycles. The average Bonchev–Trinajstić information content (AvgIpc) is 2.91. The number of aromatic nitrogens is 3. The van der Waals surface area contributed by atoms with Crippen LogP contribution in [0, 0.1) is 5.41 Å². The molecule has 1 fully saturated rings. The summed E-state index contributed by atoms with van der Waals surface area (Å²) in [5.41, 5.74) is 1.13. The number of rotatable bonds is 4. The number of fused-ring (bicyclic) bond motifs is 1. The van der Waals surface area contributed by atoms with Gasteiger partial charge in [-0.1, -0.05) is 38.5 Å². The van der Waals surface area contributed by atoms with Gasteiger partial charge >= 0.3 is 0 Å². The van der Waals surface area contributed by atoms with E-state index in [1.165, 1.54) is 41.5 Å². The highest BCUT2D eigenvalue weighted by molar-refractivity contribution is 7.20. The Balaban J connectivity index is 1.93. The molecule has 3 heterocycles. The largest absolute Gasteiger partial charge is 0.346 e. The molecule has 0 aromatic carbocycles. The van der Waals surface area contributed by atoms with Crippen molar-refractivity contribution in [3.05, 3.63) is 22.1 Å². The van der Waals surface area contributed by atoms with Gasteiger partial charge in [-0.15, -0.1) is 5.10 Å². The molecule has 0 bridgehead atoms. The summed E-state index contributed by atoms with van der Waals surface area (Å²) >= 11 is 1.53. The molecule has 120 valence electrons. The van der Waals surface area contributed by atoms with Gasteiger partial charge in [0.25, 0.3) is 5.56 Å². The van der Waals surface area contributed by atoms with Crippen LogP contribution in [-0.2, 0) is 6.42 Å². The van der Waals surface area contributed by atoms with E-state index in [-0.39, 0.29) is 5.56 Å². The number of nitrogens with zero attached hydrogens (tertiary/aromatic N) is 4. The maximum Gasteiger partial charge on any atom is 0.275 e. The molecule has 1 aliphatic rings. The molecule has 5 nitrogen and oxygen atoms in total. The molecule has 0 N–H and O–H groups in total. The molecule has 0 aliphatic carbocycles. The van der Waals surface area contributed by atoms with Crippen LogP contribution >= 0.6 is 11.3 Å². The van der Waals surface area contributed by atoms with Gasteiger partial charge in [-0.25, -0.2) is 4.98 Å². The Kier molecular flexibility index (Phi) is 4.21. The van der Waals surface area contributed by atoms with Crippen molar-refractivity contribution < 1.29 is 0 Å². The lowest BCUT2D eigenvalue weighted by Gasteiger charge is -2.40. The summed E-state index contributed by atoms with van der Waals surface area (Å²) in [5, 5.41) is 5.45. The summed E-state index contributed by atoms with van der Waals surface area (Å²) in [7, 11) is 0. The third-order valence-corrected chi connectivity index (χ3v) is 5.52. The maximum atomic E-state index is 12.1. The summed E-state index contributed by atoms with van der Waals surface area (Å²) in [6.07, 6.45) is 5.70. The lowest BCUT2D eigenvalue weighted by atomic mass is 9.78. The first kappa shape index (κ1) is 15.5. The summed E-state index contributed by atoms with van der Waals surface area (Å²) in [6, 6.07) is 1.59. The zero-order valence-electron chi connectivity index (χ0n) is 13.6. The fraction of sp³-hybridized carbons (Fsp3) is 0.688. The molecule has 6 heteroatoms. The third kappa shape index (κ3) is 2.89. The minimum absolute atomic E-state index is 0.0716. The van der Waals surface area contributed by atoms with E-state index < -0.39 is 0 Å². The molecule has 0 radical (unpaired) electrons. The monoisotopic (exact) mass is 320 g/mol. The topological polar surface area (TPSA) is 50.5 Å². The first-order valence-electron chi connectivity index (χ1n) is 8.19. The summed E-state index contributed by atoms with van der Waals surface area (Å²) in [4.78, 5) is 19.7. The van der Waals surface area contributed by atoms with Crippen LogP contribution in [0.4, 0.5) is 5.13 Å². The van der Waals surface area contributed by atoms with Crippen molar-refractivity contribution in [2.24, 2.45) is 5.41 Å². The smallest absolute Gasteiger partial charge is 0.275 e. The predicted octanol–water partition coefficient (Wildman–Crippen LogP) is 3.12. The predicted molar refractivity (Wildman–Crippen MR) is 91.0 cm³/mol. The Bertz CT molecular complexity index is 718. The average molecular weight is 320 g/mol. The molecule has 0 amide bonds. The van der Waals surface area contributed by atoms with E-state index in [0.717, 1.165) is 30.3 Å². The van der Waals surface area contributed by atoms with Crippen LogP contribution in [-0.4, -0.2) is 27.7 Å². The van der Waals surface area contributed by atoms with E-state index in [1.807, 2.05) is 6.92 Å².